The fraction of sp³-hybridized carbons (Fsp3) is 0.241. The summed E-state index contributed by atoms with van der Waals surface area (Å²) in [4.78, 5) is 11.6. The molecule has 1 aliphatic rings. The predicted molar refractivity (Wildman–Crippen MR) is 135 cm³/mol. The van der Waals surface area contributed by atoms with Crippen LogP contribution in [0.4, 0.5) is 0 Å². The molecule has 1 N–H and O–H groups in total. The first-order chi connectivity index (χ1) is 17.0. The fourth-order valence-electron chi connectivity index (χ4n) is 4.43. The Morgan fingerprint density at radius 3 is 2.26 bits per heavy atom. The molecular formula is C29H26ClNO4. The molecule has 0 aliphatic heterocycles. The van der Waals surface area contributed by atoms with Gasteiger partial charge in [0.1, 0.15) is 0 Å². The van der Waals surface area contributed by atoms with Crippen molar-refractivity contribution >= 4 is 17.6 Å². The molecule has 35 heavy (non-hydrogen) atoms. The van der Waals surface area contributed by atoms with Crippen LogP contribution in [0.2, 0.25) is 5.02 Å². The molecule has 5 nitrogen and oxygen atoms in total. The van der Waals surface area contributed by atoms with Crippen LogP contribution in [0.25, 0.3) is 22.5 Å². The van der Waals surface area contributed by atoms with Gasteiger partial charge in [-0.2, -0.15) is 0 Å². The lowest BCUT2D eigenvalue weighted by molar-refractivity contribution is -0.140. The van der Waals surface area contributed by atoms with Crippen LogP contribution < -0.4 is 0 Å². The molecule has 0 amide bonds. The summed E-state index contributed by atoms with van der Waals surface area (Å²) >= 11 is 6.20. The van der Waals surface area contributed by atoms with Crippen LogP contribution in [-0.4, -0.2) is 22.8 Å². The number of ether oxygens (including phenoxy) is 1. The molecule has 0 atom stereocenters. The minimum Gasteiger partial charge on any atom is -0.481 e. The molecule has 0 unspecified atom stereocenters. The monoisotopic (exact) mass is 487 g/mol. The van der Waals surface area contributed by atoms with Gasteiger partial charge in [-0.05, 0) is 48.1 Å². The topological polar surface area (TPSA) is 72.6 Å². The highest BCUT2D eigenvalue weighted by Crippen LogP contribution is 2.48. The van der Waals surface area contributed by atoms with Gasteiger partial charge in [-0.3, -0.25) is 4.79 Å². The van der Waals surface area contributed by atoms with E-state index in [1.165, 1.54) is 0 Å². The molecule has 1 fully saturated rings. The number of hydrogen-bond donors (Lipinski definition) is 1. The molecule has 1 aromatic heterocycles. The van der Waals surface area contributed by atoms with Gasteiger partial charge in [0, 0.05) is 22.6 Å². The number of benzene rings is 3. The summed E-state index contributed by atoms with van der Waals surface area (Å²) in [6.45, 7) is 2.93. The Balaban J connectivity index is 1.26. The minimum absolute atomic E-state index is 0.459. The normalized spacial score (nSPS) is 14.1. The summed E-state index contributed by atoms with van der Waals surface area (Å²) in [6, 6.07) is 23.7. The molecule has 0 bridgehead atoms. The first-order valence-electron chi connectivity index (χ1n) is 11.7. The highest BCUT2D eigenvalue weighted by Gasteiger charge is 2.51. The zero-order valence-electron chi connectivity index (χ0n) is 19.5. The molecular weight excluding hydrogens is 462 g/mol. The summed E-state index contributed by atoms with van der Waals surface area (Å²) in [5.74, 6) is 0.0184. The van der Waals surface area contributed by atoms with Gasteiger partial charge in [0.05, 0.1) is 24.3 Å². The number of nitrogens with zero attached hydrogens (tertiary/aromatic N) is 1. The smallest absolute Gasteiger partial charge is 0.314 e. The van der Waals surface area contributed by atoms with Gasteiger partial charge in [-0.1, -0.05) is 83.5 Å². The standard InChI is InChI=1S/C29H26ClNO4/c1-19-25(14-17-34-18-23-4-2-3-5-26(23)30)27(35-31-19)22-8-6-20(7-9-22)21-10-12-24(13-11-21)29(15-16-29)28(32)33/h2-13H,14-18H2,1H3,(H,32,33). The Morgan fingerprint density at radius 1 is 1.00 bits per heavy atom. The van der Waals surface area contributed by atoms with Crippen LogP contribution >= 0.6 is 11.6 Å². The van der Waals surface area contributed by atoms with Crippen LogP contribution in [0.5, 0.6) is 0 Å². The SMILES string of the molecule is Cc1noc(-c2ccc(-c3ccc(C4(C(=O)O)CC4)cc3)cc2)c1CCOCc1ccccc1Cl. The van der Waals surface area contributed by atoms with Gasteiger partial charge in [0.15, 0.2) is 5.76 Å². The van der Waals surface area contributed by atoms with E-state index < -0.39 is 11.4 Å². The third-order valence-electron chi connectivity index (χ3n) is 6.77. The van der Waals surface area contributed by atoms with Crippen molar-refractivity contribution in [1.29, 1.82) is 0 Å². The second-order valence-electron chi connectivity index (χ2n) is 9.01. The Labute approximate surface area is 209 Å². The van der Waals surface area contributed by atoms with Crippen molar-refractivity contribution < 1.29 is 19.2 Å². The molecule has 0 saturated heterocycles. The maximum Gasteiger partial charge on any atom is 0.314 e. The first-order valence-corrected chi connectivity index (χ1v) is 12.1. The number of halogens is 1. The second kappa shape index (κ2) is 9.68. The molecule has 0 radical (unpaired) electrons. The summed E-state index contributed by atoms with van der Waals surface area (Å²) in [5.41, 5.74) is 6.11. The second-order valence-corrected chi connectivity index (χ2v) is 9.42. The number of aryl methyl sites for hydroxylation is 1. The Morgan fingerprint density at radius 2 is 1.63 bits per heavy atom. The number of carboxylic acid groups (broad SMARTS) is 1. The van der Waals surface area contributed by atoms with E-state index in [9.17, 15) is 9.90 Å². The average molecular weight is 488 g/mol. The van der Waals surface area contributed by atoms with E-state index >= 15 is 0 Å². The zero-order chi connectivity index (χ0) is 24.4. The summed E-state index contributed by atoms with van der Waals surface area (Å²) in [7, 11) is 0. The third kappa shape index (κ3) is 4.75. The van der Waals surface area contributed by atoms with E-state index in [-0.39, 0.29) is 0 Å². The van der Waals surface area contributed by atoms with E-state index in [2.05, 4.69) is 5.16 Å². The van der Waals surface area contributed by atoms with Gasteiger partial charge < -0.3 is 14.4 Å². The third-order valence-corrected chi connectivity index (χ3v) is 7.14. The van der Waals surface area contributed by atoms with E-state index in [4.69, 9.17) is 20.9 Å². The Bertz CT molecular complexity index is 1340. The van der Waals surface area contributed by atoms with E-state index in [0.29, 0.717) is 37.5 Å². The maximum atomic E-state index is 11.6. The summed E-state index contributed by atoms with van der Waals surface area (Å²) in [6.07, 6.45) is 2.10. The average Bonchev–Trinajstić information content (AvgIpc) is 3.62. The van der Waals surface area contributed by atoms with Crippen molar-refractivity contribution in [3.8, 4) is 22.5 Å². The molecule has 5 rings (SSSR count). The first kappa shape index (κ1) is 23.3. The number of carboxylic acids is 1. The highest BCUT2D eigenvalue weighted by molar-refractivity contribution is 6.31. The van der Waals surface area contributed by atoms with E-state index in [1.807, 2.05) is 79.7 Å². The van der Waals surface area contributed by atoms with E-state index in [0.717, 1.165) is 44.8 Å². The van der Waals surface area contributed by atoms with Gasteiger partial charge in [0.2, 0.25) is 0 Å². The van der Waals surface area contributed by atoms with Crippen LogP contribution in [0.1, 0.15) is 35.2 Å². The maximum absolute atomic E-state index is 11.6. The molecule has 6 heteroatoms. The Kier molecular flexibility index (Phi) is 6.46. The quantitative estimate of drug-likeness (QED) is 0.261. The molecule has 1 saturated carbocycles. The van der Waals surface area contributed by atoms with Crippen molar-refractivity contribution in [2.24, 2.45) is 0 Å². The number of aliphatic carboxylic acids is 1. The number of hydrogen-bond acceptors (Lipinski definition) is 4. The van der Waals surface area contributed by atoms with Crippen LogP contribution in [0.3, 0.4) is 0 Å². The van der Waals surface area contributed by atoms with Crippen molar-refractivity contribution in [2.45, 2.75) is 38.2 Å². The number of carbonyl (C=O) groups is 1. The molecule has 1 heterocycles. The summed E-state index contributed by atoms with van der Waals surface area (Å²) in [5, 5.41) is 14.4. The minimum atomic E-state index is -0.734. The molecule has 3 aromatic carbocycles. The Hall–Kier alpha value is -3.41. The summed E-state index contributed by atoms with van der Waals surface area (Å²) < 4.78 is 11.5. The molecule has 178 valence electrons. The van der Waals surface area contributed by atoms with Gasteiger partial charge >= 0.3 is 5.97 Å². The van der Waals surface area contributed by atoms with Crippen molar-refractivity contribution in [3.05, 3.63) is 100 Å². The lowest BCUT2D eigenvalue weighted by atomic mass is 9.93. The largest absolute Gasteiger partial charge is 0.481 e. The molecule has 4 aromatic rings. The van der Waals surface area contributed by atoms with Gasteiger partial charge in [-0.25, -0.2) is 0 Å². The van der Waals surface area contributed by atoms with Crippen LogP contribution in [0, 0.1) is 6.92 Å². The molecule has 1 aliphatic carbocycles. The van der Waals surface area contributed by atoms with Crippen molar-refractivity contribution in [1.82, 2.24) is 5.16 Å². The predicted octanol–water partition coefficient (Wildman–Crippen LogP) is 6.85. The van der Waals surface area contributed by atoms with Gasteiger partial charge in [-0.15, -0.1) is 0 Å². The number of aromatic nitrogens is 1. The fourth-order valence-corrected chi connectivity index (χ4v) is 4.62. The lowest BCUT2D eigenvalue weighted by Crippen LogP contribution is -2.19. The van der Waals surface area contributed by atoms with Crippen LogP contribution in [0.15, 0.2) is 77.3 Å². The molecule has 0 spiro atoms. The zero-order valence-corrected chi connectivity index (χ0v) is 20.2. The van der Waals surface area contributed by atoms with Gasteiger partial charge in [0.25, 0.3) is 0 Å². The van der Waals surface area contributed by atoms with Crippen LogP contribution in [-0.2, 0) is 28.0 Å². The van der Waals surface area contributed by atoms with E-state index in [1.54, 1.807) is 0 Å². The lowest BCUT2D eigenvalue weighted by Gasteiger charge is -2.11. The highest BCUT2D eigenvalue weighted by atomic mass is 35.5. The number of rotatable bonds is 9. The van der Waals surface area contributed by atoms with Crippen molar-refractivity contribution in [2.75, 3.05) is 6.61 Å². The van der Waals surface area contributed by atoms with Crippen molar-refractivity contribution in [3.63, 3.8) is 0 Å².